The fraction of sp³-hybridized carbons (Fsp3) is 0.375. The topological polar surface area (TPSA) is 60.2 Å². The van der Waals surface area contributed by atoms with E-state index in [4.69, 9.17) is 9.84 Å². The third-order valence-electron chi connectivity index (χ3n) is 2.93. The fourth-order valence-electron chi connectivity index (χ4n) is 1.94. The van der Waals surface area contributed by atoms with E-state index in [1.54, 1.807) is 0 Å². The number of hydrogen-bond acceptors (Lipinski definition) is 4. The molecule has 0 fully saturated rings. The molecule has 2 aromatic rings. The summed E-state index contributed by atoms with van der Waals surface area (Å²) < 4.78 is 7.65. The minimum atomic E-state index is -0.168. The highest BCUT2D eigenvalue weighted by atomic mass is 16.5. The molecule has 0 aliphatic heterocycles. The Hall–Kier alpha value is -2.32. The van der Waals surface area contributed by atoms with E-state index in [1.165, 1.54) is 6.33 Å². The number of benzene rings is 1. The van der Waals surface area contributed by atoms with Gasteiger partial charge in [0.25, 0.3) is 0 Å². The number of aromatic nitrogens is 3. The Bertz CT molecular complexity index is 653. The maximum Gasteiger partial charge on any atom is 0.164 e. The van der Waals surface area contributed by atoms with Crippen LogP contribution < -0.4 is 4.74 Å². The first-order valence-corrected chi connectivity index (χ1v) is 6.94. The molecule has 0 atom stereocenters. The zero-order chi connectivity index (χ0) is 15.1. The summed E-state index contributed by atoms with van der Waals surface area (Å²) in [5.41, 5.74) is 1.87. The fourth-order valence-corrected chi connectivity index (χ4v) is 1.94. The van der Waals surface area contributed by atoms with E-state index in [2.05, 4.69) is 28.8 Å². The van der Waals surface area contributed by atoms with E-state index in [0.717, 1.165) is 29.9 Å². The lowest BCUT2D eigenvalue weighted by Crippen LogP contribution is -2.09. The molecule has 0 aliphatic rings. The van der Waals surface area contributed by atoms with Gasteiger partial charge in [-0.2, -0.15) is 5.10 Å². The number of aliphatic hydroxyl groups is 1. The predicted molar refractivity (Wildman–Crippen MR) is 79.8 cm³/mol. The number of nitrogens with zero attached hydrogens (tertiary/aromatic N) is 3. The standard InChI is InChI=1S/C16H19N3O2/c1-3-8-19-16(17-12-18-19)11-21-15-7-6-13(2)10-14(15)5-4-9-20/h6-7,10,12,20H,3,8-9,11H2,1-2H3. The van der Waals surface area contributed by atoms with Gasteiger partial charge in [-0.25, -0.2) is 9.67 Å². The van der Waals surface area contributed by atoms with Crippen LogP contribution in [0.25, 0.3) is 0 Å². The number of ether oxygens (including phenoxy) is 1. The van der Waals surface area contributed by atoms with E-state index in [1.807, 2.05) is 29.8 Å². The van der Waals surface area contributed by atoms with Gasteiger partial charge in [-0.15, -0.1) is 0 Å². The third kappa shape index (κ3) is 4.07. The zero-order valence-corrected chi connectivity index (χ0v) is 12.3. The lowest BCUT2D eigenvalue weighted by atomic mass is 10.1. The monoisotopic (exact) mass is 285 g/mol. The van der Waals surface area contributed by atoms with Gasteiger partial charge < -0.3 is 9.84 Å². The molecule has 1 aromatic carbocycles. The van der Waals surface area contributed by atoms with Gasteiger partial charge in [0.1, 0.15) is 25.3 Å². The number of aryl methyl sites for hydroxylation is 2. The molecule has 1 N–H and O–H groups in total. The van der Waals surface area contributed by atoms with Gasteiger partial charge in [0, 0.05) is 6.54 Å². The van der Waals surface area contributed by atoms with Gasteiger partial charge in [0.2, 0.25) is 0 Å². The Morgan fingerprint density at radius 2 is 2.24 bits per heavy atom. The van der Waals surface area contributed by atoms with Crippen molar-refractivity contribution in [1.29, 1.82) is 0 Å². The molecule has 2 rings (SSSR count). The Balaban J connectivity index is 2.14. The van der Waals surface area contributed by atoms with Crippen LogP contribution in [0.5, 0.6) is 5.75 Å². The molecule has 21 heavy (non-hydrogen) atoms. The van der Waals surface area contributed by atoms with Crippen molar-refractivity contribution in [3.63, 3.8) is 0 Å². The van der Waals surface area contributed by atoms with Crippen molar-refractivity contribution in [2.45, 2.75) is 33.4 Å². The van der Waals surface area contributed by atoms with Crippen LogP contribution in [-0.4, -0.2) is 26.5 Å². The van der Waals surface area contributed by atoms with Crippen molar-refractivity contribution in [1.82, 2.24) is 14.8 Å². The molecule has 0 radical (unpaired) electrons. The van der Waals surface area contributed by atoms with Gasteiger partial charge in [-0.3, -0.25) is 0 Å². The van der Waals surface area contributed by atoms with Gasteiger partial charge >= 0.3 is 0 Å². The van der Waals surface area contributed by atoms with Crippen LogP contribution in [0.3, 0.4) is 0 Å². The first-order valence-electron chi connectivity index (χ1n) is 6.94. The summed E-state index contributed by atoms with van der Waals surface area (Å²) in [5, 5.41) is 13.0. The summed E-state index contributed by atoms with van der Waals surface area (Å²) >= 11 is 0. The van der Waals surface area contributed by atoms with Crippen molar-refractivity contribution >= 4 is 0 Å². The summed E-state index contributed by atoms with van der Waals surface area (Å²) in [7, 11) is 0. The van der Waals surface area contributed by atoms with Gasteiger partial charge in [-0.05, 0) is 31.0 Å². The molecule has 0 amide bonds. The van der Waals surface area contributed by atoms with Crippen molar-refractivity contribution in [3.05, 3.63) is 41.5 Å². The second-order valence-electron chi connectivity index (χ2n) is 4.65. The average molecular weight is 285 g/mol. The lowest BCUT2D eigenvalue weighted by Gasteiger charge is -2.09. The highest BCUT2D eigenvalue weighted by Crippen LogP contribution is 2.20. The summed E-state index contributed by atoms with van der Waals surface area (Å²) in [4.78, 5) is 4.21. The van der Waals surface area contributed by atoms with Crippen LogP contribution in [0.4, 0.5) is 0 Å². The van der Waals surface area contributed by atoms with E-state index in [9.17, 15) is 0 Å². The average Bonchev–Trinajstić information content (AvgIpc) is 2.92. The smallest absolute Gasteiger partial charge is 0.164 e. The Kier molecular flexibility index (Phi) is 5.35. The molecule has 110 valence electrons. The largest absolute Gasteiger partial charge is 0.484 e. The lowest BCUT2D eigenvalue weighted by molar-refractivity contribution is 0.285. The Labute approximate surface area is 124 Å². The summed E-state index contributed by atoms with van der Waals surface area (Å²) in [5.74, 6) is 7.03. The summed E-state index contributed by atoms with van der Waals surface area (Å²) in [6.45, 7) is 5.08. The molecule has 5 heteroatoms. The normalized spacial score (nSPS) is 10.0. The first-order chi connectivity index (χ1) is 10.2. The molecule has 5 nitrogen and oxygen atoms in total. The van der Waals surface area contributed by atoms with E-state index in [-0.39, 0.29) is 6.61 Å². The van der Waals surface area contributed by atoms with Gasteiger partial charge in [0.05, 0.1) is 5.56 Å². The minimum absolute atomic E-state index is 0.168. The van der Waals surface area contributed by atoms with E-state index < -0.39 is 0 Å². The van der Waals surface area contributed by atoms with Crippen LogP contribution in [0.1, 0.15) is 30.3 Å². The third-order valence-corrected chi connectivity index (χ3v) is 2.93. The molecule has 1 aromatic heterocycles. The van der Waals surface area contributed by atoms with Crippen LogP contribution >= 0.6 is 0 Å². The van der Waals surface area contributed by atoms with Crippen LogP contribution in [0, 0.1) is 18.8 Å². The summed E-state index contributed by atoms with van der Waals surface area (Å²) in [6.07, 6.45) is 2.53. The van der Waals surface area contributed by atoms with Gasteiger partial charge in [-0.1, -0.05) is 24.8 Å². The maximum absolute atomic E-state index is 8.83. The zero-order valence-electron chi connectivity index (χ0n) is 12.3. The molecule has 0 saturated carbocycles. The van der Waals surface area contributed by atoms with Gasteiger partial charge in [0.15, 0.2) is 5.82 Å². The number of aliphatic hydroxyl groups excluding tert-OH is 1. The molecule has 0 saturated heterocycles. The second-order valence-corrected chi connectivity index (χ2v) is 4.65. The Morgan fingerprint density at radius 1 is 1.38 bits per heavy atom. The molecular weight excluding hydrogens is 266 g/mol. The molecule has 0 bridgehead atoms. The molecule has 0 aliphatic carbocycles. The predicted octanol–water partition coefficient (Wildman–Crippen LogP) is 1.92. The molecule has 0 spiro atoms. The second kappa shape index (κ2) is 7.46. The van der Waals surface area contributed by atoms with E-state index >= 15 is 0 Å². The SMILES string of the molecule is CCCn1ncnc1COc1ccc(C)cc1C#CCO. The van der Waals surface area contributed by atoms with E-state index in [0.29, 0.717) is 12.4 Å². The van der Waals surface area contributed by atoms with Crippen molar-refractivity contribution in [2.24, 2.45) is 0 Å². The first kappa shape index (κ1) is 15.1. The number of hydrogen-bond donors (Lipinski definition) is 1. The van der Waals surface area contributed by atoms with Crippen LogP contribution in [-0.2, 0) is 13.2 Å². The quantitative estimate of drug-likeness (QED) is 0.853. The summed E-state index contributed by atoms with van der Waals surface area (Å²) in [6, 6.07) is 5.79. The van der Waals surface area contributed by atoms with Crippen LogP contribution in [0.15, 0.2) is 24.5 Å². The minimum Gasteiger partial charge on any atom is -0.484 e. The highest BCUT2D eigenvalue weighted by molar-refractivity contribution is 5.48. The van der Waals surface area contributed by atoms with Crippen molar-refractivity contribution in [2.75, 3.05) is 6.61 Å². The molecule has 0 unspecified atom stereocenters. The van der Waals surface area contributed by atoms with Crippen LogP contribution in [0.2, 0.25) is 0 Å². The van der Waals surface area contributed by atoms with Crippen molar-refractivity contribution < 1.29 is 9.84 Å². The maximum atomic E-state index is 8.83. The Morgan fingerprint density at radius 3 is 3.00 bits per heavy atom. The highest BCUT2D eigenvalue weighted by Gasteiger charge is 2.07. The number of rotatable bonds is 5. The van der Waals surface area contributed by atoms with Crippen molar-refractivity contribution in [3.8, 4) is 17.6 Å². The molecular formula is C16H19N3O2. The molecule has 1 heterocycles.